The number of benzene rings is 2. The second-order valence-electron chi connectivity index (χ2n) is 9.48. The van der Waals surface area contributed by atoms with Gasteiger partial charge in [0, 0.05) is 34.1 Å². The van der Waals surface area contributed by atoms with E-state index in [1.807, 2.05) is 18.2 Å². The summed E-state index contributed by atoms with van der Waals surface area (Å²) in [4.78, 5) is 13.7. The minimum absolute atomic E-state index is 0.108. The number of fused-ring (bicyclic) bond motifs is 2. The van der Waals surface area contributed by atoms with Crippen LogP contribution in [0.4, 0.5) is 5.69 Å². The molecule has 0 radical (unpaired) electrons. The normalized spacial score (nSPS) is 16.4. The van der Waals surface area contributed by atoms with Gasteiger partial charge in [-0.15, -0.1) is 0 Å². The molecule has 1 aromatic heterocycles. The molecule has 1 saturated carbocycles. The first-order valence-corrected chi connectivity index (χ1v) is 10.4. The molecule has 2 aromatic carbocycles. The highest BCUT2D eigenvalue weighted by atomic mass is 16.5. The number of carbonyl (C=O) groups is 1. The molecule has 4 heteroatoms. The quantitative estimate of drug-likeness (QED) is 0.563. The Hall–Kier alpha value is -2.75. The summed E-state index contributed by atoms with van der Waals surface area (Å²) in [5.41, 5.74) is 6.55. The van der Waals surface area contributed by atoms with Crippen LogP contribution in [0.1, 0.15) is 57.4 Å². The standard InChI is InChI=1S/C13H16N2O.C12H14O/c1-13(2,3)12-7-9-6-10(14-8-16)4-5-11(9)15-12;1-12(5-6-12)10-3-2-9-4-7-13-11(9)8-10/h4-8,15H,1-3H3,(H,14,16);2-3,8H,4-7H2,1H3. The van der Waals surface area contributed by atoms with Crippen LogP contribution in [0.25, 0.3) is 10.9 Å². The van der Waals surface area contributed by atoms with Gasteiger partial charge in [0.2, 0.25) is 6.41 Å². The van der Waals surface area contributed by atoms with E-state index in [-0.39, 0.29) is 5.41 Å². The highest BCUT2D eigenvalue weighted by Gasteiger charge is 2.39. The SMILES string of the molecule is CC(C)(C)c1cc2cc(NC=O)ccc2[nH]1.CC1(c2ccc3c(c2)OCC3)CC1. The zero-order valence-electron chi connectivity index (χ0n) is 17.8. The van der Waals surface area contributed by atoms with E-state index in [2.05, 4.69) is 62.3 Å². The molecule has 29 heavy (non-hydrogen) atoms. The van der Waals surface area contributed by atoms with Crippen molar-refractivity contribution in [1.82, 2.24) is 4.98 Å². The van der Waals surface area contributed by atoms with Crippen LogP contribution in [0.15, 0.2) is 42.5 Å². The van der Waals surface area contributed by atoms with Gasteiger partial charge in [-0.1, -0.05) is 39.8 Å². The summed E-state index contributed by atoms with van der Waals surface area (Å²) in [7, 11) is 0. The zero-order chi connectivity index (χ0) is 20.6. The Labute approximate surface area is 172 Å². The largest absolute Gasteiger partial charge is 0.493 e. The van der Waals surface area contributed by atoms with Gasteiger partial charge in [0.15, 0.2) is 0 Å². The van der Waals surface area contributed by atoms with Crippen molar-refractivity contribution in [2.75, 3.05) is 11.9 Å². The third kappa shape index (κ3) is 4.16. The number of hydrogen-bond donors (Lipinski definition) is 2. The van der Waals surface area contributed by atoms with E-state index in [9.17, 15) is 4.79 Å². The maximum absolute atomic E-state index is 10.4. The lowest BCUT2D eigenvalue weighted by Gasteiger charge is -2.15. The Morgan fingerprint density at radius 3 is 2.59 bits per heavy atom. The van der Waals surface area contributed by atoms with E-state index in [1.165, 1.54) is 29.7 Å². The number of nitrogens with one attached hydrogen (secondary N) is 2. The van der Waals surface area contributed by atoms with Crippen molar-refractivity contribution in [3.63, 3.8) is 0 Å². The van der Waals surface area contributed by atoms with Crippen LogP contribution in [-0.2, 0) is 22.0 Å². The second kappa shape index (κ2) is 7.25. The van der Waals surface area contributed by atoms with Gasteiger partial charge in [-0.25, -0.2) is 0 Å². The minimum atomic E-state index is 0.108. The van der Waals surface area contributed by atoms with Crippen molar-refractivity contribution in [1.29, 1.82) is 0 Å². The van der Waals surface area contributed by atoms with Crippen molar-refractivity contribution in [3.8, 4) is 5.75 Å². The summed E-state index contributed by atoms with van der Waals surface area (Å²) in [5.74, 6) is 1.13. The van der Waals surface area contributed by atoms with Crippen molar-refractivity contribution >= 4 is 23.0 Å². The molecular formula is C25H30N2O2. The fourth-order valence-electron chi connectivity index (χ4n) is 3.71. The number of anilines is 1. The van der Waals surface area contributed by atoms with Crippen molar-refractivity contribution in [2.24, 2.45) is 0 Å². The predicted octanol–water partition coefficient (Wildman–Crippen LogP) is 5.71. The predicted molar refractivity (Wildman–Crippen MR) is 119 cm³/mol. The molecule has 0 saturated heterocycles. The Bertz CT molecular complexity index is 1040. The van der Waals surface area contributed by atoms with Crippen LogP contribution >= 0.6 is 0 Å². The summed E-state index contributed by atoms with van der Waals surface area (Å²) >= 11 is 0. The Kier molecular flexibility index (Phi) is 4.89. The van der Waals surface area contributed by atoms with Gasteiger partial charge in [0.25, 0.3) is 0 Å². The van der Waals surface area contributed by atoms with E-state index < -0.39 is 0 Å². The van der Waals surface area contributed by atoms with Crippen molar-refractivity contribution in [3.05, 3.63) is 59.3 Å². The lowest BCUT2D eigenvalue weighted by Crippen LogP contribution is -2.10. The first-order valence-electron chi connectivity index (χ1n) is 10.4. The summed E-state index contributed by atoms with van der Waals surface area (Å²) in [5, 5.41) is 3.78. The van der Waals surface area contributed by atoms with E-state index in [1.54, 1.807) is 0 Å². The Morgan fingerprint density at radius 1 is 1.10 bits per heavy atom. The Morgan fingerprint density at radius 2 is 1.90 bits per heavy atom. The minimum Gasteiger partial charge on any atom is -0.493 e. The molecule has 152 valence electrons. The smallest absolute Gasteiger partial charge is 0.211 e. The van der Waals surface area contributed by atoms with Crippen LogP contribution in [0.2, 0.25) is 0 Å². The number of amides is 1. The topological polar surface area (TPSA) is 54.1 Å². The van der Waals surface area contributed by atoms with E-state index in [4.69, 9.17) is 4.74 Å². The highest BCUT2D eigenvalue weighted by molar-refractivity contribution is 5.86. The molecule has 1 aliphatic carbocycles. The molecule has 2 N–H and O–H groups in total. The van der Waals surface area contributed by atoms with E-state index in [0.717, 1.165) is 35.4 Å². The van der Waals surface area contributed by atoms with Gasteiger partial charge in [-0.2, -0.15) is 0 Å². The van der Waals surface area contributed by atoms with Crippen LogP contribution in [0.5, 0.6) is 5.75 Å². The molecule has 2 aliphatic rings. The molecule has 0 spiro atoms. The maximum Gasteiger partial charge on any atom is 0.211 e. The van der Waals surface area contributed by atoms with Gasteiger partial charge in [0.05, 0.1) is 6.61 Å². The summed E-state index contributed by atoms with van der Waals surface area (Å²) in [6.07, 6.45) is 4.46. The van der Waals surface area contributed by atoms with Crippen molar-refractivity contribution < 1.29 is 9.53 Å². The summed E-state index contributed by atoms with van der Waals surface area (Å²) < 4.78 is 5.56. The molecule has 2 heterocycles. The van der Waals surface area contributed by atoms with Crippen molar-refractivity contribution in [2.45, 2.75) is 57.8 Å². The average Bonchev–Trinajstić information content (AvgIpc) is 3.10. The van der Waals surface area contributed by atoms with Crippen LogP contribution in [0.3, 0.4) is 0 Å². The lowest BCUT2D eigenvalue weighted by atomic mass is 9.92. The molecule has 0 atom stereocenters. The fourth-order valence-corrected chi connectivity index (χ4v) is 3.71. The summed E-state index contributed by atoms with van der Waals surface area (Å²) in [6.45, 7) is 9.71. The number of rotatable bonds is 3. The number of aromatic amines is 1. The number of hydrogen-bond acceptors (Lipinski definition) is 2. The molecule has 0 unspecified atom stereocenters. The first kappa shape index (κ1) is 19.6. The third-order valence-electron chi connectivity index (χ3n) is 6.05. The van der Waals surface area contributed by atoms with Gasteiger partial charge >= 0.3 is 0 Å². The summed E-state index contributed by atoms with van der Waals surface area (Å²) in [6, 6.07) is 14.7. The zero-order valence-corrected chi connectivity index (χ0v) is 17.8. The number of ether oxygens (including phenoxy) is 1. The first-order chi connectivity index (χ1) is 13.8. The molecule has 0 bridgehead atoms. The molecular weight excluding hydrogens is 360 g/mol. The maximum atomic E-state index is 10.4. The monoisotopic (exact) mass is 390 g/mol. The highest BCUT2D eigenvalue weighted by Crippen LogP contribution is 2.48. The van der Waals surface area contributed by atoms with Crippen LogP contribution < -0.4 is 10.1 Å². The molecule has 4 nitrogen and oxygen atoms in total. The average molecular weight is 391 g/mol. The van der Waals surface area contributed by atoms with Gasteiger partial charge in [-0.3, -0.25) is 4.79 Å². The third-order valence-corrected chi connectivity index (χ3v) is 6.05. The van der Waals surface area contributed by atoms with Crippen LogP contribution in [-0.4, -0.2) is 18.0 Å². The fraction of sp³-hybridized carbons (Fsp3) is 0.400. The lowest BCUT2D eigenvalue weighted by molar-refractivity contribution is -0.105. The van der Waals surface area contributed by atoms with Gasteiger partial charge in [0.1, 0.15) is 5.75 Å². The number of H-pyrrole nitrogens is 1. The molecule has 1 amide bonds. The van der Waals surface area contributed by atoms with E-state index >= 15 is 0 Å². The second-order valence-corrected chi connectivity index (χ2v) is 9.48. The number of aromatic nitrogens is 1. The number of carbonyl (C=O) groups excluding carboxylic acids is 1. The molecule has 3 aromatic rings. The van der Waals surface area contributed by atoms with E-state index in [0.29, 0.717) is 11.8 Å². The molecule has 1 aliphatic heterocycles. The van der Waals surface area contributed by atoms with Gasteiger partial charge < -0.3 is 15.0 Å². The molecule has 1 fully saturated rings. The van der Waals surface area contributed by atoms with Crippen LogP contribution in [0, 0.1) is 0 Å². The van der Waals surface area contributed by atoms with Gasteiger partial charge in [-0.05, 0) is 59.7 Å². The Balaban J connectivity index is 0.000000144. The molecule has 5 rings (SSSR count).